The number of halogens is 3. The molecule has 0 radical (unpaired) electrons. The third-order valence-electron chi connectivity index (χ3n) is 4.25. The molecule has 0 atom stereocenters. The molecule has 0 amide bonds. The first-order valence-corrected chi connectivity index (χ1v) is 11.4. The van der Waals surface area contributed by atoms with Crippen molar-refractivity contribution in [3.8, 4) is 16.9 Å². The van der Waals surface area contributed by atoms with Crippen molar-refractivity contribution in [1.29, 1.82) is 0 Å². The van der Waals surface area contributed by atoms with Crippen molar-refractivity contribution in [2.24, 2.45) is 0 Å². The monoisotopic (exact) mass is 465 g/mol. The van der Waals surface area contributed by atoms with E-state index in [0.29, 0.717) is 27.0 Å². The molecule has 154 valence electrons. The van der Waals surface area contributed by atoms with Gasteiger partial charge in [0.2, 0.25) is 10.0 Å². The molecular weight excluding hydrogens is 452 g/mol. The molecular formula is C20H14ClF2N3O2S2. The number of rotatable bonds is 6. The summed E-state index contributed by atoms with van der Waals surface area (Å²) >= 11 is 6.79. The van der Waals surface area contributed by atoms with Gasteiger partial charge in [0.15, 0.2) is 0 Å². The number of hydrogen-bond acceptors (Lipinski definition) is 4. The van der Waals surface area contributed by atoms with Gasteiger partial charge < -0.3 is 0 Å². The van der Waals surface area contributed by atoms with Crippen molar-refractivity contribution in [1.82, 2.24) is 14.5 Å². The SMILES string of the molecule is O=S(=O)(NCc1cc(-c2ccc(F)cc2)nn1-c1ccc(F)cc1)c1ccc(Cl)s1. The van der Waals surface area contributed by atoms with Gasteiger partial charge in [-0.2, -0.15) is 5.10 Å². The van der Waals surface area contributed by atoms with Gasteiger partial charge >= 0.3 is 0 Å². The second kappa shape index (κ2) is 8.27. The first-order chi connectivity index (χ1) is 14.3. The van der Waals surface area contributed by atoms with Gasteiger partial charge in [0.25, 0.3) is 0 Å². The highest BCUT2D eigenvalue weighted by Gasteiger charge is 2.19. The summed E-state index contributed by atoms with van der Waals surface area (Å²) in [6.45, 7) is -0.0660. The van der Waals surface area contributed by atoms with E-state index in [1.807, 2.05) is 0 Å². The molecule has 0 aliphatic rings. The summed E-state index contributed by atoms with van der Waals surface area (Å²) in [6, 6.07) is 16.1. The van der Waals surface area contributed by atoms with Crippen LogP contribution >= 0.6 is 22.9 Å². The van der Waals surface area contributed by atoms with E-state index in [-0.39, 0.29) is 16.6 Å². The molecule has 0 unspecified atom stereocenters. The summed E-state index contributed by atoms with van der Waals surface area (Å²) in [5, 5.41) is 4.51. The number of nitrogens with one attached hydrogen (secondary N) is 1. The first-order valence-electron chi connectivity index (χ1n) is 8.68. The lowest BCUT2D eigenvalue weighted by Crippen LogP contribution is -2.23. The van der Waals surface area contributed by atoms with Crippen LogP contribution in [0.15, 0.2) is 70.9 Å². The zero-order valence-corrected chi connectivity index (χ0v) is 17.6. The third-order valence-corrected chi connectivity index (χ3v) is 7.38. The Balaban J connectivity index is 1.69. The second-order valence-corrected chi connectivity index (χ2v) is 10.0. The van der Waals surface area contributed by atoms with Crippen LogP contribution in [0, 0.1) is 11.6 Å². The topological polar surface area (TPSA) is 64.0 Å². The lowest BCUT2D eigenvalue weighted by atomic mass is 10.1. The molecule has 2 aromatic heterocycles. The van der Waals surface area contributed by atoms with Crippen molar-refractivity contribution in [2.45, 2.75) is 10.8 Å². The van der Waals surface area contributed by atoms with Crippen LogP contribution in [0.5, 0.6) is 0 Å². The Bertz CT molecular complexity index is 1280. The van der Waals surface area contributed by atoms with E-state index in [0.717, 1.165) is 11.3 Å². The lowest BCUT2D eigenvalue weighted by Gasteiger charge is -2.08. The second-order valence-electron chi connectivity index (χ2n) is 6.30. The van der Waals surface area contributed by atoms with Crippen molar-refractivity contribution >= 4 is 33.0 Å². The molecule has 0 spiro atoms. The highest BCUT2D eigenvalue weighted by molar-refractivity contribution is 7.91. The fourth-order valence-electron chi connectivity index (χ4n) is 2.80. The predicted molar refractivity (Wildman–Crippen MR) is 112 cm³/mol. The molecule has 1 N–H and O–H groups in total. The molecule has 2 aromatic carbocycles. The molecule has 0 aliphatic heterocycles. The quantitative estimate of drug-likeness (QED) is 0.435. The highest BCUT2D eigenvalue weighted by atomic mass is 35.5. The van der Waals surface area contributed by atoms with Crippen molar-refractivity contribution in [2.75, 3.05) is 0 Å². The van der Waals surface area contributed by atoms with E-state index in [1.165, 1.54) is 53.2 Å². The van der Waals surface area contributed by atoms with E-state index < -0.39 is 15.8 Å². The van der Waals surface area contributed by atoms with Crippen LogP contribution in [-0.4, -0.2) is 18.2 Å². The van der Waals surface area contributed by atoms with Crippen LogP contribution in [0.4, 0.5) is 8.78 Å². The van der Waals surface area contributed by atoms with E-state index >= 15 is 0 Å². The van der Waals surface area contributed by atoms with Crippen LogP contribution in [-0.2, 0) is 16.6 Å². The average molecular weight is 466 g/mol. The van der Waals surface area contributed by atoms with E-state index in [9.17, 15) is 17.2 Å². The smallest absolute Gasteiger partial charge is 0.236 e. The minimum Gasteiger partial charge on any atom is -0.236 e. The maximum atomic E-state index is 13.3. The van der Waals surface area contributed by atoms with Gasteiger partial charge in [0.05, 0.1) is 28.0 Å². The van der Waals surface area contributed by atoms with Crippen molar-refractivity contribution in [3.05, 3.63) is 88.4 Å². The predicted octanol–water partition coefficient (Wildman–Crippen LogP) is 5.01. The number of nitrogens with zero attached hydrogens (tertiary/aromatic N) is 2. The molecule has 0 aliphatic carbocycles. The molecule has 4 aromatic rings. The van der Waals surface area contributed by atoms with Crippen LogP contribution in [0.3, 0.4) is 0 Å². The Hall–Kier alpha value is -2.59. The van der Waals surface area contributed by atoms with Gasteiger partial charge in [-0.05, 0) is 66.7 Å². The minimum absolute atomic E-state index is 0.0660. The standard InChI is InChI=1S/C20H14ClF2N3O2S2/c21-19-9-10-20(29-19)30(27,28)24-12-17-11-18(13-1-3-14(22)4-2-13)25-26(17)16-7-5-15(23)6-8-16/h1-11,24H,12H2. The average Bonchev–Trinajstić information content (AvgIpc) is 3.35. The zero-order valence-electron chi connectivity index (χ0n) is 15.2. The van der Waals surface area contributed by atoms with Crippen LogP contribution in [0.2, 0.25) is 4.34 Å². The van der Waals surface area contributed by atoms with Gasteiger partial charge in [-0.1, -0.05) is 11.6 Å². The summed E-state index contributed by atoms with van der Waals surface area (Å²) in [6.07, 6.45) is 0. The van der Waals surface area contributed by atoms with Gasteiger partial charge in [-0.25, -0.2) is 26.6 Å². The molecule has 2 heterocycles. The summed E-state index contributed by atoms with van der Waals surface area (Å²) in [5.74, 6) is -0.777. The number of aromatic nitrogens is 2. The number of sulfonamides is 1. The Labute approximate surface area is 180 Å². The largest absolute Gasteiger partial charge is 0.250 e. The molecule has 0 saturated carbocycles. The summed E-state index contributed by atoms with van der Waals surface area (Å²) in [5.41, 5.74) is 2.25. The molecule has 30 heavy (non-hydrogen) atoms. The van der Waals surface area contributed by atoms with Gasteiger partial charge in [-0.3, -0.25) is 0 Å². The minimum atomic E-state index is -3.77. The van der Waals surface area contributed by atoms with Gasteiger partial charge in [-0.15, -0.1) is 11.3 Å². The van der Waals surface area contributed by atoms with E-state index in [4.69, 9.17) is 11.6 Å². The third kappa shape index (κ3) is 4.44. The summed E-state index contributed by atoms with van der Waals surface area (Å²) in [7, 11) is -3.77. The molecule has 0 bridgehead atoms. The first kappa shape index (κ1) is 20.7. The summed E-state index contributed by atoms with van der Waals surface area (Å²) in [4.78, 5) is 0. The van der Waals surface area contributed by atoms with Crippen molar-refractivity contribution < 1.29 is 17.2 Å². The Morgan fingerprint density at radius 2 is 1.60 bits per heavy atom. The zero-order chi connectivity index (χ0) is 21.3. The van der Waals surface area contributed by atoms with E-state index in [2.05, 4.69) is 9.82 Å². The fraction of sp³-hybridized carbons (Fsp3) is 0.0500. The number of benzene rings is 2. The Kier molecular flexibility index (Phi) is 5.70. The Morgan fingerprint density at radius 3 is 2.20 bits per heavy atom. The molecule has 4 rings (SSSR count). The molecule has 5 nitrogen and oxygen atoms in total. The number of thiophene rings is 1. The highest BCUT2D eigenvalue weighted by Crippen LogP contribution is 2.26. The molecule has 10 heteroatoms. The molecule has 0 fully saturated rings. The van der Waals surface area contributed by atoms with Crippen LogP contribution in [0.1, 0.15) is 5.69 Å². The molecule has 0 saturated heterocycles. The normalized spacial score (nSPS) is 11.7. The van der Waals surface area contributed by atoms with Crippen LogP contribution < -0.4 is 4.72 Å². The van der Waals surface area contributed by atoms with E-state index in [1.54, 1.807) is 18.2 Å². The lowest BCUT2D eigenvalue weighted by molar-refractivity contribution is 0.581. The van der Waals surface area contributed by atoms with Crippen molar-refractivity contribution in [3.63, 3.8) is 0 Å². The summed E-state index contributed by atoms with van der Waals surface area (Å²) < 4.78 is 56.2. The van der Waals surface area contributed by atoms with Gasteiger partial charge in [0.1, 0.15) is 15.8 Å². The maximum absolute atomic E-state index is 13.3. The fourth-order valence-corrected chi connectivity index (χ4v) is 5.32. The van der Waals surface area contributed by atoms with Gasteiger partial charge in [0, 0.05) is 5.56 Å². The number of hydrogen-bond donors (Lipinski definition) is 1. The maximum Gasteiger partial charge on any atom is 0.250 e. The van der Waals surface area contributed by atoms with Crippen LogP contribution in [0.25, 0.3) is 16.9 Å². The Morgan fingerprint density at radius 1 is 0.967 bits per heavy atom.